The summed E-state index contributed by atoms with van der Waals surface area (Å²) in [4.78, 5) is 5.05. The fourth-order valence-corrected chi connectivity index (χ4v) is 24.0. The Hall–Kier alpha value is -5.69. The van der Waals surface area contributed by atoms with E-state index in [2.05, 4.69) is 236 Å². The van der Waals surface area contributed by atoms with E-state index < -0.39 is 16.1 Å². The van der Waals surface area contributed by atoms with E-state index in [1.807, 2.05) is 0 Å². The molecule has 0 bridgehead atoms. The number of fused-ring (bicyclic) bond motifs is 4. The number of aryl methyl sites for hydroxylation is 6. The van der Waals surface area contributed by atoms with E-state index in [1.54, 1.807) is 0 Å². The van der Waals surface area contributed by atoms with Crippen LogP contribution in [-0.2, 0) is 4.66 Å². The van der Waals surface area contributed by atoms with Crippen LogP contribution in [0.5, 0.6) is 0 Å². The first-order valence-electron chi connectivity index (χ1n) is 22.3. The van der Waals surface area contributed by atoms with Crippen molar-refractivity contribution < 1.29 is 0 Å². The molecule has 0 heterocycles. The van der Waals surface area contributed by atoms with Crippen molar-refractivity contribution in [1.29, 1.82) is 0 Å². The highest BCUT2D eigenvalue weighted by Crippen LogP contribution is 2.61. The summed E-state index contributed by atoms with van der Waals surface area (Å²) in [7, 11) is -4.38. The lowest BCUT2D eigenvalue weighted by Crippen LogP contribution is -2.64. The molecular formula is C58H64N2Si2. The molecule has 4 heteroatoms. The van der Waals surface area contributed by atoms with Gasteiger partial charge in [0.1, 0.15) is 0 Å². The van der Waals surface area contributed by atoms with Gasteiger partial charge < -0.3 is 9.80 Å². The monoisotopic (exact) mass is 844 g/mol. The third-order valence-corrected chi connectivity index (χ3v) is 23.5. The second kappa shape index (κ2) is 16.2. The van der Waals surface area contributed by atoms with E-state index in [-0.39, 0.29) is 4.66 Å². The SMILES string of the molecule is C=C1/C=C\C=C/CC2=C(/C=C\1N(c1ccc(C)cc1)c1cc(C)ccc1C)C([Si](C)(C)C)([Si](C)(C)C)c1cc(N(c3ccc(C)cc3)c3cc(C)ccc3C)c3ccccc3c12. The molecule has 2 aliphatic carbocycles. The highest BCUT2D eigenvalue weighted by molar-refractivity contribution is 6.99. The third kappa shape index (κ3) is 7.31. The molecule has 0 aliphatic heterocycles. The fourth-order valence-electron chi connectivity index (χ4n) is 10.9. The number of hydrogen-bond donors (Lipinski definition) is 0. The molecule has 0 saturated carbocycles. The van der Waals surface area contributed by atoms with Crippen molar-refractivity contribution in [3.8, 4) is 0 Å². The lowest BCUT2D eigenvalue weighted by Gasteiger charge is -2.52. The highest BCUT2D eigenvalue weighted by atomic mass is 28.4. The molecule has 6 aromatic rings. The van der Waals surface area contributed by atoms with Crippen LogP contribution in [0.2, 0.25) is 39.3 Å². The lowest BCUT2D eigenvalue weighted by molar-refractivity contribution is 0.937. The Balaban J connectivity index is 1.54. The molecular weight excluding hydrogens is 781 g/mol. The number of rotatable bonds is 8. The summed E-state index contributed by atoms with van der Waals surface area (Å²) in [6.07, 6.45) is 12.5. The van der Waals surface area contributed by atoms with Crippen molar-refractivity contribution in [3.05, 3.63) is 214 Å². The van der Waals surface area contributed by atoms with Gasteiger partial charge in [-0.25, -0.2) is 0 Å². The molecule has 0 atom stereocenters. The largest absolute Gasteiger partial charge is 0.310 e. The van der Waals surface area contributed by atoms with Gasteiger partial charge in [-0.05, 0) is 152 Å². The number of benzene rings is 6. The van der Waals surface area contributed by atoms with Gasteiger partial charge in [0.15, 0.2) is 0 Å². The predicted molar refractivity (Wildman–Crippen MR) is 277 cm³/mol. The molecule has 62 heavy (non-hydrogen) atoms. The number of anilines is 5. The summed E-state index contributed by atoms with van der Waals surface area (Å²) < 4.78 is -0.174. The quantitative estimate of drug-likeness (QED) is 0.141. The van der Waals surface area contributed by atoms with E-state index in [9.17, 15) is 0 Å². The molecule has 8 rings (SSSR count). The van der Waals surface area contributed by atoms with Crippen molar-refractivity contribution in [3.63, 3.8) is 0 Å². The van der Waals surface area contributed by atoms with Crippen LogP contribution >= 0.6 is 0 Å². The number of hydrogen-bond acceptors (Lipinski definition) is 2. The smallest absolute Gasteiger partial charge is 0.0579 e. The van der Waals surface area contributed by atoms with E-state index >= 15 is 0 Å². The summed E-state index contributed by atoms with van der Waals surface area (Å²) in [5, 5.41) is 2.60. The zero-order chi connectivity index (χ0) is 44.3. The molecule has 0 aromatic heterocycles. The maximum Gasteiger partial charge on any atom is 0.0579 e. The van der Waals surface area contributed by atoms with Crippen molar-refractivity contribution in [2.24, 2.45) is 0 Å². The average Bonchev–Trinajstić information content (AvgIpc) is 3.52. The van der Waals surface area contributed by atoms with E-state index in [0.29, 0.717) is 0 Å². The Morgan fingerprint density at radius 1 is 0.532 bits per heavy atom. The summed E-state index contributed by atoms with van der Waals surface area (Å²) in [6.45, 7) is 34.0. The van der Waals surface area contributed by atoms with E-state index in [0.717, 1.165) is 23.4 Å². The fraction of sp³-hybridized carbons (Fsp3) is 0.241. The maximum absolute atomic E-state index is 4.89. The Kier molecular flexibility index (Phi) is 11.2. The summed E-state index contributed by atoms with van der Waals surface area (Å²) in [6, 6.07) is 43.8. The van der Waals surface area contributed by atoms with Crippen LogP contribution in [-0.4, -0.2) is 16.1 Å². The van der Waals surface area contributed by atoms with Gasteiger partial charge in [-0.2, -0.15) is 0 Å². The van der Waals surface area contributed by atoms with Gasteiger partial charge in [-0.15, -0.1) is 0 Å². The molecule has 0 N–H and O–H groups in total. The average molecular weight is 845 g/mol. The van der Waals surface area contributed by atoms with Gasteiger partial charge in [0.05, 0.1) is 27.5 Å². The molecule has 0 saturated heterocycles. The van der Waals surface area contributed by atoms with Crippen LogP contribution in [0.4, 0.5) is 28.4 Å². The topological polar surface area (TPSA) is 6.48 Å². The minimum absolute atomic E-state index is 0.174. The number of nitrogens with zero attached hydrogens (tertiary/aromatic N) is 2. The Morgan fingerprint density at radius 2 is 1.03 bits per heavy atom. The summed E-state index contributed by atoms with van der Waals surface area (Å²) in [5.41, 5.74) is 21.4. The predicted octanol–water partition coefficient (Wildman–Crippen LogP) is 16.7. The van der Waals surface area contributed by atoms with Crippen LogP contribution in [0, 0.1) is 41.5 Å². The van der Waals surface area contributed by atoms with Crippen molar-refractivity contribution in [2.75, 3.05) is 9.80 Å². The van der Waals surface area contributed by atoms with Gasteiger partial charge in [-0.1, -0.05) is 154 Å². The maximum atomic E-state index is 4.89. The molecule has 0 fully saturated rings. The van der Waals surface area contributed by atoms with Crippen LogP contribution in [0.25, 0.3) is 16.3 Å². The standard InChI is InChI=1S/C58H64N2Si2/c1-39-25-31-46(32-26-39)59(53-35-41(3)23-29-44(53)6)55-37-51-50(22-16-14-15-19-43(55)5)57-49-21-18-17-20-48(49)56(38-52(57)58(51,61(8,9)10)62(11,12)13)60(47-33-27-40(2)28-34-47)54-36-42(4)24-30-45(54)7/h14-21,23-38H,5,22H2,1-4,6-13H3/b16-14-,19-15-,55-37+. The van der Waals surface area contributed by atoms with Gasteiger partial charge in [0, 0.05) is 32.8 Å². The number of allylic oxidation sites excluding steroid dienone is 7. The highest BCUT2D eigenvalue weighted by Gasteiger charge is 2.60. The zero-order valence-electron chi connectivity index (χ0n) is 39.2. The first-order chi connectivity index (χ1) is 29.4. The van der Waals surface area contributed by atoms with Crippen molar-refractivity contribution >= 4 is 60.9 Å². The molecule has 0 radical (unpaired) electrons. The molecule has 0 amide bonds. The molecule has 2 aliphatic rings. The molecule has 6 aromatic carbocycles. The Bertz CT molecular complexity index is 2840. The lowest BCUT2D eigenvalue weighted by atomic mass is 9.93. The van der Waals surface area contributed by atoms with Gasteiger partial charge in [0.25, 0.3) is 0 Å². The van der Waals surface area contributed by atoms with Gasteiger partial charge >= 0.3 is 0 Å². The first kappa shape index (κ1) is 43.0. The normalized spacial score (nSPS) is 17.0. The van der Waals surface area contributed by atoms with Crippen molar-refractivity contribution in [2.45, 2.75) is 91.9 Å². The second-order valence-electron chi connectivity index (χ2n) is 20.0. The van der Waals surface area contributed by atoms with Crippen molar-refractivity contribution in [1.82, 2.24) is 0 Å². The third-order valence-electron chi connectivity index (χ3n) is 13.5. The van der Waals surface area contributed by atoms with Crippen LogP contribution in [0.3, 0.4) is 0 Å². The van der Waals surface area contributed by atoms with E-state index in [4.69, 9.17) is 6.58 Å². The summed E-state index contributed by atoms with van der Waals surface area (Å²) in [5.74, 6) is 0. The van der Waals surface area contributed by atoms with Crippen LogP contribution in [0.15, 0.2) is 169 Å². The summed E-state index contributed by atoms with van der Waals surface area (Å²) >= 11 is 0. The van der Waals surface area contributed by atoms with Crippen LogP contribution in [0.1, 0.15) is 50.9 Å². The van der Waals surface area contributed by atoms with Crippen LogP contribution < -0.4 is 9.80 Å². The molecule has 0 unspecified atom stereocenters. The minimum Gasteiger partial charge on any atom is -0.310 e. The first-order valence-corrected chi connectivity index (χ1v) is 29.3. The van der Waals surface area contributed by atoms with Gasteiger partial charge in [-0.3, -0.25) is 0 Å². The Morgan fingerprint density at radius 3 is 1.58 bits per heavy atom. The minimum atomic E-state index is -2.19. The molecule has 2 nitrogen and oxygen atoms in total. The van der Waals surface area contributed by atoms with Gasteiger partial charge in [0.2, 0.25) is 0 Å². The Labute approximate surface area is 374 Å². The molecule has 0 spiro atoms. The second-order valence-corrected chi connectivity index (χ2v) is 31.0. The van der Waals surface area contributed by atoms with E-state index in [1.165, 1.54) is 89.2 Å². The molecule has 314 valence electrons. The zero-order valence-corrected chi connectivity index (χ0v) is 41.2.